The summed E-state index contributed by atoms with van der Waals surface area (Å²) in [5.41, 5.74) is 8.01. The highest BCUT2D eigenvalue weighted by Gasteiger charge is 2.12. The van der Waals surface area contributed by atoms with Gasteiger partial charge in [-0.05, 0) is 11.4 Å². The number of rotatable bonds is 6. The van der Waals surface area contributed by atoms with E-state index in [1.807, 2.05) is 13.8 Å². The highest BCUT2D eigenvalue weighted by molar-refractivity contribution is 4.92. The van der Waals surface area contributed by atoms with Crippen LogP contribution in [0.3, 0.4) is 0 Å². The van der Waals surface area contributed by atoms with Crippen LogP contribution in [-0.2, 0) is 0 Å². The second kappa shape index (κ2) is 7.41. The fourth-order valence-corrected chi connectivity index (χ4v) is 0.925. The molecule has 0 amide bonds. The lowest BCUT2D eigenvalue weighted by molar-refractivity contribution is 0.435. The minimum Gasteiger partial charge on any atom is -0.302 e. The van der Waals surface area contributed by atoms with Crippen molar-refractivity contribution >= 4 is 0 Å². The van der Waals surface area contributed by atoms with Gasteiger partial charge in [0.05, 0.1) is 12.1 Å². The molecule has 0 aliphatic rings. The molecule has 0 fully saturated rings. The minimum atomic E-state index is -0.140. The van der Waals surface area contributed by atoms with Crippen molar-refractivity contribution in [1.82, 2.24) is 5.32 Å². The summed E-state index contributed by atoms with van der Waals surface area (Å²) in [5.74, 6) is 0.330. The van der Waals surface area contributed by atoms with Crippen molar-refractivity contribution in [3.8, 4) is 6.07 Å². The van der Waals surface area contributed by atoms with Crippen molar-refractivity contribution in [2.24, 2.45) is 11.0 Å². The number of hydrogen-bond donors (Lipinski definition) is 1. The van der Waals surface area contributed by atoms with Crippen LogP contribution < -0.4 is 5.32 Å². The molecule has 72 valence electrons. The molecular weight excluding hydrogens is 166 g/mol. The topological polar surface area (TPSA) is 84.6 Å². The van der Waals surface area contributed by atoms with Gasteiger partial charge in [-0.15, -0.1) is 0 Å². The van der Waals surface area contributed by atoms with Crippen LogP contribution in [0.15, 0.2) is 5.11 Å². The first-order valence-corrected chi connectivity index (χ1v) is 4.40. The highest BCUT2D eigenvalue weighted by atomic mass is 15.1. The molecule has 0 aromatic rings. The molecule has 0 aliphatic heterocycles. The Kier molecular flexibility index (Phi) is 6.70. The fourth-order valence-electron chi connectivity index (χ4n) is 0.925. The van der Waals surface area contributed by atoms with E-state index in [1.165, 1.54) is 0 Å². The molecule has 13 heavy (non-hydrogen) atoms. The lowest BCUT2D eigenvalue weighted by Gasteiger charge is -2.16. The van der Waals surface area contributed by atoms with Gasteiger partial charge in [0.2, 0.25) is 0 Å². The Morgan fingerprint density at radius 3 is 2.85 bits per heavy atom. The molecule has 5 heteroatoms. The van der Waals surface area contributed by atoms with Crippen LogP contribution in [0.1, 0.15) is 20.3 Å². The van der Waals surface area contributed by atoms with Crippen LogP contribution in [0.2, 0.25) is 0 Å². The molecule has 0 aromatic carbocycles. The summed E-state index contributed by atoms with van der Waals surface area (Å²) >= 11 is 0. The molecule has 0 rings (SSSR count). The summed E-state index contributed by atoms with van der Waals surface area (Å²) in [5, 5.41) is 15.2. The lowest BCUT2D eigenvalue weighted by Crippen LogP contribution is -2.34. The van der Waals surface area contributed by atoms with Crippen LogP contribution in [0, 0.1) is 17.2 Å². The van der Waals surface area contributed by atoms with Crippen LogP contribution in [0.5, 0.6) is 0 Å². The molecule has 0 saturated heterocycles. The summed E-state index contributed by atoms with van der Waals surface area (Å²) in [7, 11) is 0. The number of nitrogens with one attached hydrogen (secondary N) is 1. The molecule has 0 bridgehead atoms. The summed E-state index contributed by atoms with van der Waals surface area (Å²) in [6.45, 7) is 5.02. The van der Waals surface area contributed by atoms with Crippen molar-refractivity contribution in [2.75, 3.05) is 13.1 Å². The van der Waals surface area contributed by atoms with E-state index in [0.717, 1.165) is 6.42 Å². The molecule has 0 radical (unpaired) electrons. The molecule has 0 saturated carbocycles. The Hall–Kier alpha value is -1.24. The second-order valence-corrected chi connectivity index (χ2v) is 2.90. The van der Waals surface area contributed by atoms with Gasteiger partial charge in [-0.1, -0.05) is 25.4 Å². The first-order valence-electron chi connectivity index (χ1n) is 4.40. The molecule has 5 nitrogen and oxygen atoms in total. The summed E-state index contributed by atoms with van der Waals surface area (Å²) in [6, 6.07) is 2.04. The smallest absolute Gasteiger partial charge is 0.0978 e. The summed E-state index contributed by atoms with van der Waals surface area (Å²) < 4.78 is 0. The maximum Gasteiger partial charge on any atom is 0.0978 e. The standard InChI is InChI=1S/C8H15N5/c1-3-7(2)8(6-9)11-4-5-12-13-10/h7-8,11H,3-5H2,1-2H3. The largest absolute Gasteiger partial charge is 0.302 e. The summed E-state index contributed by atoms with van der Waals surface area (Å²) in [6.07, 6.45) is 0.965. The van der Waals surface area contributed by atoms with E-state index in [-0.39, 0.29) is 6.04 Å². The van der Waals surface area contributed by atoms with Crippen molar-refractivity contribution in [3.05, 3.63) is 10.4 Å². The average Bonchev–Trinajstić information content (AvgIpc) is 2.17. The van der Waals surface area contributed by atoms with Crippen molar-refractivity contribution < 1.29 is 0 Å². The van der Waals surface area contributed by atoms with Crippen molar-refractivity contribution in [1.29, 1.82) is 5.26 Å². The quantitative estimate of drug-likeness (QED) is 0.293. The maximum atomic E-state index is 8.77. The SMILES string of the molecule is CCC(C)C(C#N)NCCN=[N+]=[N-]. The van der Waals surface area contributed by atoms with Crippen LogP contribution in [0.4, 0.5) is 0 Å². The fraction of sp³-hybridized carbons (Fsp3) is 0.875. The van der Waals surface area contributed by atoms with Crippen LogP contribution >= 0.6 is 0 Å². The van der Waals surface area contributed by atoms with E-state index in [1.54, 1.807) is 0 Å². The predicted octanol–water partition coefficient (Wildman–Crippen LogP) is 1.82. The Morgan fingerprint density at radius 1 is 1.69 bits per heavy atom. The zero-order valence-electron chi connectivity index (χ0n) is 8.06. The third-order valence-corrected chi connectivity index (χ3v) is 1.99. The third-order valence-electron chi connectivity index (χ3n) is 1.99. The third kappa shape index (κ3) is 5.07. The van der Waals surface area contributed by atoms with Crippen molar-refractivity contribution in [2.45, 2.75) is 26.3 Å². The van der Waals surface area contributed by atoms with E-state index in [4.69, 9.17) is 10.8 Å². The van der Waals surface area contributed by atoms with E-state index in [9.17, 15) is 0 Å². The second-order valence-electron chi connectivity index (χ2n) is 2.90. The van der Waals surface area contributed by atoms with Crippen LogP contribution in [-0.4, -0.2) is 19.1 Å². The van der Waals surface area contributed by atoms with Crippen LogP contribution in [0.25, 0.3) is 10.4 Å². The van der Waals surface area contributed by atoms with Gasteiger partial charge in [-0.2, -0.15) is 5.26 Å². The van der Waals surface area contributed by atoms with Gasteiger partial charge in [0.25, 0.3) is 0 Å². The van der Waals surface area contributed by atoms with Gasteiger partial charge in [-0.25, -0.2) is 0 Å². The van der Waals surface area contributed by atoms with Gasteiger partial charge >= 0.3 is 0 Å². The minimum absolute atomic E-state index is 0.140. The van der Waals surface area contributed by atoms with E-state index in [0.29, 0.717) is 19.0 Å². The molecule has 0 spiro atoms. The monoisotopic (exact) mass is 181 g/mol. The van der Waals surface area contributed by atoms with E-state index >= 15 is 0 Å². The predicted molar refractivity (Wildman–Crippen MR) is 50.9 cm³/mol. The number of nitriles is 1. The molecule has 2 atom stereocenters. The molecule has 1 N–H and O–H groups in total. The normalized spacial score (nSPS) is 13.9. The first-order chi connectivity index (χ1) is 6.26. The lowest BCUT2D eigenvalue weighted by atomic mass is 10.0. The Labute approximate surface area is 78.4 Å². The van der Waals surface area contributed by atoms with Crippen molar-refractivity contribution in [3.63, 3.8) is 0 Å². The average molecular weight is 181 g/mol. The Morgan fingerprint density at radius 2 is 2.38 bits per heavy atom. The van der Waals surface area contributed by atoms with Gasteiger partial charge in [0.1, 0.15) is 0 Å². The molecule has 2 unspecified atom stereocenters. The number of nitrogens with zero attached hydrogens (tertiary/aromatic N) is 4. The molecule has 0 heterocycles. The first kappa shape index (κ1) is 11.8. The van der Waals surface area contributed by atoms with Gasteiger partial charge in [0.15, 0.2) is 0 Å². The van der Waals surface area contributed by atoms with Gasteiger partial charge in [-0.3, -0.25) is 0 Å². The summed E-state index contributed by atoms with van der Waals surface area (Å²) in [4.78, 5) is 2.63. The van der Waals surface area contributed by atoms with Gasteiger partial charge < -0.3 is 5.32 Å². The zero-order chi connectivity index (χ0) is 10.1. The zero-order valence-corrected chi connectivity index (χ0v) is 8.06. The molecule has 0 aromatic heterocycles. The number of azide groups is 1. The maximum absolute atomic E-state index is 8.77. The Balaban J connectivity index is 3.73. The molecule has 0 aliphatic carbocycles. The molecular formula is C8H15N5. The number of hydrogen-bond acceptors (Lipinski definition) is 3. The highest BCUT2D eigenvalue weighted by Crippen LogP contribution is 2.05. The Bertz CT molecular complexity index is 213. The van der Waals surface area contributed by atoms with E-state index in [2.05, 4.69) is 21.4 Å². The van der Waals surface area contributed by atoms with E-state index < -0.39 is 0 Å². The van der Waals surface area contributed by atoms with Gasteiger partial charge in [0, 0.05) is 18.0 Å².